The van der Waals surface area contributed by atoms with Gasteiger partial charge in [0.2, 0.25) is 5.91 Å². The highest BCUT2D eigenvalue weighted by atomic mass is 35.5. The van der Waals surface area contributed by atoms with E-state index in [9.17, 15) is 9.59 Å². The number of nitrogens with zero attached hydrogens (tertiary/aromatic N) is 1. The van der Waals surface area contributed by atoms with E-state index in [2.05, 4.69) is 15.3 Å². The van der Waals surface area contributed by atoms with Gasteiger partial charge in [-0.05, 0) is 29.8 Å². The minimum atomic E-state index is -0.495. The number of aromatic nitrogens is 2. The summed E-state index contributed by atoms with van der Waals surface area (Å²) in [5.74, 6) is -0.647. The predicted octanol–water partition coefficient (Wildman–Crippen LogP) is 4.08. The summed E-state index contributed by atoms with van der Waals surface area (Å²) < 4.78 is 5.06. The maximum atomic E-state index is 12.2. The standard InChI is InChI=1S/C18H12ClN3O3S/c19-12-4-1-10(2-5-12)7-16(23)22-17-20-14(9-26-17)11-3-6-13-15(8-11)25-18(24)21-13/h1-6,8-9H,7H2,(H,21,24)(H,20,22,23). The molecular formula is C18H12ClN3O3S. The van der Waals surface area contributed by atoms with Gasteiger partial charge in [-0.3, -0.25) is 9.78 Å². The molecule has 2 N–H and O–H groups in total. The topological polar surface area (TPSA) is 88.0 Å². The Hall–Kier alpha value is -2.90. The van der Waals surface area contributed by atoms with Gasteiger partial charge >= 0.3 is 5.76 Å². The van der Waals surface area contributed by atoms with Crippen molar-refractivity contribution >= 4 is 45.1 Å². The quantitative estimate of drug-likeness (QED) is 0.554. The van der Waals surface area contributed by atoms with Crippen molar-refractivity contribution in [1.29, 1.82) is 0 Å². The number of H-pyrrole nitrogens is 1. The monoisotopic (exact) mass is 385 g/mol. The number of oxazole rings is 1. The van der Waals surface area contributed by atoms with Gasteiger partial charge in [0.1, 0.15) is 0 Å². The Bertz CT molecular complexity index is 1140. The minimum Gasteiger partial charge on any atom is -0.408 e. The van der Waals surface area contributed by atoms with Crippen LogP contribution in [0.2, 0.25) is 5.02 Å². The van der Waals surface area contributed by atoms with Crippen LogP contribution in [0.5, 0.6) is 0 Å². The van der Waals surface area contributed by atoms with E-state index in [1.165, 1.54) is 11.3 Å². The Morgan fingerprint density at radius 2 is 2.04 bits per heavy atom. The number of hydrogen-bond donors (Lipinski definition) is 2. The van der Waals surface area contributed by atoms with E-state index < -0.39 is 5.76 Å². The number of benzene rings is 2. The maximum absolute atomic E-state index is 12.2. The molecule has 0 radical (unpaired) electrons. The summed E-state index contributed by atoms with van der Waals surface area (Å²) in [5.41, 5.74) is 3.47. The minimum absolute atomic E-state index is 0.152. The van der Waals surface area contributed by atoms with E-state index in [1.807, 2.05) is 23.6 Å². The van der Waals surface area contributed by atoms with Crippen LogP contribution < -0.4 is 11.1 Å². The maximum Gasteiger partial charge on any atom is 0.417 e. The Kier molecular flexibility index (Phi) is 4.32. The number of halogens is 1. The zero-order valence-corrected chi connectivity index (χ0v) is 14.9. The van der Waals surface area contributed by atoms with E-state index >= 15 is 0 Å². The Morgan fingerprint density at radius 3 is 2.85 bits per heavy atom. The lowest BCUT2D eigenvalue weighted by atomic mass is 10.1. The molecule has 130 valence electrons. The highest BCUT2D eigenvalue weighted by Crippen LogP contribution is 2.27. The highest BCUT2D eigenvalue weighted by Gasteiger charge is 2.10. The van der Waals surface area contributed by atoms with Crippen LogP contribution in [-0.2, 0) is 11.2 Å². The summed E-state index contributed by atoms with van der Waals surface area (Å²) in [6.45, 7) is 0. The van der Waals surface area contributed by atoms with Crippen LogP contribution in [-0.4, -0.2) is 15.9 Å². The predicted molar refractivity (Wildman–Crippen MR) is 102 cm³/mol. The number of amides is 1. The molecule has 0 aliphatic rings. The first-order valence-corrected chi connectivity index (χ1v) is 8.96. The lowest BCUT2D eigenvalue weighted by Gasteiger charge is -2.02. The Balaban J connectivity index is 1.48. The van der Waals surface area contributed by atoms with Gasteiger partial charge in [-0.1, -0.05) is 29.8 Å². The van der Waals surface area contributed by atoms with Crippen LogP contribution >= 0.6 is 22.9 Å². The summed E-state index contributed by atoms with van der Waals surface area (Å²) in [6.07, 6.45) is 0.243. The van der Waals surface area contributed by atoms with Gasteiger partial charge in [-0.25, -0.2) is 9.78 Å². The number of thiazole rings is 1. The highest BCUT2D eigenvalue weighted by molar-refractivity contribution is 7.14. The largest absolute Gasteiger partial charge is 0.417 e. The van der Waals surface area contributed by atoms with Crippen LogP contribution in [0.3, 0.4) is 0 Å². The average Bonchev–Trinajstić information content (AvgIpc) is 3.21. The summed E-state index contributed by atoms with van der Waals surface area (Å²) >= 11 is 7.17. The molecule has 26 heavy (non-hydrogen) atoms. The smallest absolute Gasteiger partial charge is 0.408 e. The first-order valence-electron chi connectivity index (χ1n) is 7.70. The van der Waals surface area contributed by atoms with Crippen LogP contribution in [0.4, 0.5) is 5.13 Å². The molecular weight excluding hydrogens is 374 g/mol. The zero-order chi connectivity index (χ0) is 18.1. The number of carbonyl (C=O) groups excluding carboxylic acids is 1. The molecule has 6 nitrogen and oxygen atoms in total. The van der Waals surface area contributed by atoms with Gasteiger partial charge in [0, 0.05) is 16.0 Å². The van der Waals surface area contributed by atoms with Crippen LogP contribution in [0.25, 0.3) is 22.4 Å². The van der Waals surface area contributed by atoms with Gasteiger partial charge in [-0.2, -0.15) is 0 Å². The van der Waals surface area contributed by atoms with E-state index in [4.69, 9.17) is 16.0 Å². The third-order valence-electron chi connectivity index (χ3n) is 3.75. The van der Waals surface area contributed by atoms with Crippen molar-refractivity contribution in [3.05, 3.63) is 69.0 Å². The van der Waals surface area contributed by atoms with Gasteiger partial charge in [0.25, 0.3) is 0 Å². The molecule has 0 saturated heterocycles. The SMILES string of the molecule is O=C(Cc1ccc(Cl)cc1)Nc1nc(-c2ccc3[nH]c(=O)oc3c2)cs1. The van der Waals surface area contributed by atoms with Crippen molar-refractivity contribution in [2.24, 2.45) is 0 Å². The van der Waals surface area contributed by atoms with Gasteiger partial charge < -0.3 is 9.73 Å². The first-order chi connectivity index (χ1) is 12.6. The fourth-order valence-electron chi connectivity index (χ4n) is 2.52. The van der Waals surface area contributed by atoms with E-state index in [0.717, 1.165) is 11.1 Å². The molecule has 0 fully saturated rings. The van der Waals surface area contributed by atoms with E-state index in [-0.39, 0.29) is 12.3 Å². The third kappa shape index (κ3) is 3.54. The van der Waals surface area contributed by atoms with Crippen molar-refractivity contribution in [3.8, 4) is 11.3 Å². The van der Waals surface area contributed by atoms with Crippen molar-refractivity contribution in [3.63, 3.8) is 0 Å². The molecule has 8 heteroatoms. The van der Waals surface area contributed by atoms with E-state index in [1.54, 1.807) is 24.3 Å². The molecule has 4 rings (SSSR count). The molecule has 2 aromatic carbocycles. The van der Waals surface area contributed by atoms with Gasteiger partial charge in [0.15, 0.2) is 10.7 Å². The van der Waals surface area contributed by atoms with Crippen LogP contribution in [0.15, 0.2) is 57.1 Å². The van der Waals surface area contributed by atoms with Gasteiger partial charge in [-0.15, -0.1) is 11.3 Å². The molecule has 2 aromatic heterocycles. The number of fused-ring (bicyclic) bond motifs is 1. The molecule has 2 heterocycles. The van der Waals surface area contributed by atoms with Crippen molar-refractivity contribution in [2.45, 2.75) is 6.42 Å². The van der Waals surface area contributed by atoms with Crippen LogP contribution in [0, 0.1) is 0 Å². The normalized spacial score (nSPS) is 11.0. The summed E-state index contributed by atoms with van der Waals surface area (Å²) in [5, 5.41) is 5.77. The Morgan fingerprint density at radius 1 is 1.23 bits per heavy atom. The third-order valence-corrected chi connectivity index (χ3v) is 4.75. The molecule has 0 atom stereocenters. The second-order valence-corrected chi connectivity index (χ2v) is 6.91. The molecule has 1 amide bonds. The fraction of sp³-hybridized carbons (Fsp3) is 0.0556. The number of rotatable bonds is 4. The lowest BCUT2D eigenvalue weighted by Crippen LogP contribution is -2.14. The lowest BCUT2D eigenvalue weighted by molar-refractivity contribution is -0.115. The summed E-state index contributed by atoms with van der Waals surface area (Å²) in [4.78, 5) is 30.4. The van der Waals surface area contributed by atoms with Crippen molar-refractivity contribution in [1.82, 2.24) is 9.97 Å². The second kappa shape index (κ2) is 6.78. The molecule has 0 aliphatic heterocycles. The summed E-state index contributed by atoms with van der Waals surface area (Å²) in [6, 6.07) is 12.5. The number of hydrogen-bond acceptors (Lipinski definition) is 5. The van der Waals surface area contributed by atoms with Crippen LogP contribution in [0.1, 0.15) is 5.56 Å². The van der Waals surface area contributed by atoms with Crippen molar-refractivity contribution < 1.29 is 9.21 Å². The van der Waals surface area contributed by atoms with E-state index in [0.29, 0.717) is 26.9 Å². The number of anilines is 1. The summed E-state index contributed by atoms with van der Waals surface area (Å²) in [7, 11) is 0. The molecule has 4 aromatic rings. The molecule has 0 unspecified atom stereocenters. The number of aromatic amines is 1. The second-order valence-electron chi connectivity index (χ2n) is 5.61. The van der Waals surface area contributed by atoms with Crippen molar-refractivity contribution in [2.75, 3.05) is 5.32 Å². The number of carbonyl (C=O) groups is 1. The molecule has 0 aliphatic carbocycles. The molecule has 0 spiro atoms. The zero-order valence-electron chi connectivity index (χ0n) is 13.3. The van der Waals surface area contributed by atoms with Gasteiger partial charge in [0.05, 0.1) is 17.6 Å². The molecule has 0 bridgehead atoms. The Labute approximate surface area is 156 Å². The molecule has 0 saturated carbocycles. The average molecular weight is 386 g/mol. The number of nitrogens with one attached hydrogen (secondary N) is 2. The fourth-order valence-corrected chi connectivity index (χ4v) is 3.38. The first kappa shape index (κ1) is 16.6.